The van der Waals surface area contributed by atoms with Gasteiger partial charge in [0.15, 0.2) is 0 Å². The standard InChI is InChI=1S/C45H76N2O4/c1-30(2)32-14-21-45(24-27-47-25-17-31(18-26-47)46(10)11)23-22-43(8)33(39(32)45)12-13-35-42(7)19-16-36(41(5,6)34(42)15-20-44(35,43)9)51-38(50)29-40(3,4)28-37(48)49/h31-36,39H,1,12-29H2,2-11H3,(H,48,49)/t32-,33+,34-,35+,36-,39+,42-,43+,44+,45+/m0/s1. The molecule has 6 rings (SSSR count). The third kappa shape index (κ3) is 6.69. The van der Waals surface area contributed by atoms with Crippen LogP contribution in [0.3, 0.4) is 0 Å². The smallest absolute Gasteiger partial charge is 0.306 e. The van der Waals surface area contributed by atoms with Gasteiger partial charge < -0.3 is 19.6 Å². The number of carboxylic acids is 1. The molecule has 1 aliphatic heterocycles. The van der Waals surface area contributed by atoms with Gasteiger partial charge in [0, 0.05) is 11.5 Å². The number of likely N-dealkylation sites (tertiary alicyclic amines) is 1. The minimum atomic E-state index is -0.863. The van der Waals surface area contributed by atoms with Gasteiger partial charge in [-0.05, 0) is 181 Å². The molecular weight excluding hydrogens is 633 g/mol. The molecule has 1 heterocycles. The second-order valence-corrected chi connectivity index (χ2v) is 21.6. The summed E-state index contributed by atoms with van der Waals surface area (Å²) in [5.74, 6) is 2.32. The van der Waals surface area contributed by atoms with E-state index < -0.39 is 11.4 Å². The second-order valence-electron chi connectivity index (χ2n) is 21.6. The van der Waals surface area contributed by atoms with E-state index in [0.29, 0.717) is 34.0 Å². The van der Waals surface area contributed by atoms with Crippen LogP contribution in [0.5, 0.6) is 0 Å². The Morgan fingerprint density at radius 2 is 1.53 bits per heavy atom. The highest BCUT2D eigenvalue weighted by atomic mass is 16.5. The number of ether oxygens (including phenoxy) is 1. The van der Waals surface area contributed by atoms with E-state index in [2.05, 4.69) is 72.0 Å². The van der Waals surface area contributed by atoms with E-state index in [0.717, 1.165) is 30.7 Å². The largest absolute Gasteiger partial charge is 0.481 e. The van der Waals surface area contributed by atoms with Crippen molar-refractivity contribution in [2.75, 3.05) is 33.7 Å². The monoisotopic (exact) mass is 709 g/mol. The fourth-order valence-corrected chi connectivity index (χ4v) is 15.0. The number of piperidine rings is 1. The fraction of sp³-hybridized carbons (Fsp3) is 0.911. The first-order valence-corrected chi connectivity index (χ1v) is 21.1. The van der Waals surface area contributed by atoms with E-state index in [9.17, 15) is 14.7 Å². The maximum atomic E-state index is 13.3. The van der Waals surface area contributed by atoms with Gasteiger partial charge in [0.25, 0.3) is 0 Å². The molecular formula is C45H76N2O4. The van der Waals surface area contributed by atoms with E-state index in [1.165, 1.54) is 95.8 Å². The Bertz CT molecular complexity index is 1330. The van der Waals surface area contributed by atoms with Crippen molar-refractivity contribution in [3.05, 3.63) is 12.2 Å². The molecule has 6 heteroatoms. The quantitative estimate of drug-likeness (QED) is 0.180. The maximum Gasteiger partial charge on any atom is 0.306 e. The topological polar surface area (TPSA) is 70.1 Å². The van der Waals surface area contributed by atoms with E-state index in [1.54, 1.807) is 0 Å². The zero-order valence-corrected chi connectivity index (χ0v) is 34.5. The number of rotatable bonds is 10. The molecule has 6 aliphatic rings. The first kappa shape index (κ1) is 39.3. The normalized spacial score (nSPS) is 42.7. The minimum Gasteiger partial charge on any atom is -0.481 e. The van der Waals surface area contributed by atoms with Crippen LogP contribution in [0.25, 0.3) is 0 Å². The first-order valence-electron chi connectivity index (χ1n) is 21.1. The zero-order chi connectivity index (χ0) is 37.4. The summed E-state index contributed by atoms with van der Waals surface area (Å²) in [6.45, 7) is 27.4. The molecule has 10 atom stereocenters. The summed E-state index contributed by atoms with van der Waals surface area (Å²) >= 11 is 0. The Balaban J connectivity index is 1.20. The summed E-state index contributed by atoms with van der Waals surface area (Å²) in [4.78, 5) is 29.9. The summed E-state index contributed by atoms with van der Waals surface area (Å²) in [6.07, 6.45) is 16.7. The molecule has 5 aliphatic carbocycles. The lowest BCUT2D eigenvalue weighted by Gasteiger charge is -2.73. The van der Waals surface area contributed by atoms with Crippen molar-refractivity contribution in [1.82, 2.24) is 9.80 Å². The third-order valence-corrected chi connectivity index (χ3v) is 17.9. The molecule has 5 saturated carbocycles. The Hall–Kier alpha value is -1.40. The van der Waals surface area contributed by atoms with Crippen molar-refractivity contribution in [2.24, 2.45) is 62.1 Å². The van der Waals surface area contributed by atoms with Crippen molar-refractivity contribution in [1.29, 1.82) is 0 Å². The van der Waals surface area contributed by atoms with Crippen LogP contribution in [0, 0.1) is 62.1 Å². The molecule has 0 bridgehead atoms. The van der Waals surface area contributed by atoms with Gasteiger partial charge in [-0.3, -0.25) is 9.59 Å². The highest BCUT2D eigenvalue weighted by Gasteiger charge is 2.71. The lowest BCUT2D eigenvalue weighted by atomic mass is 9.32. The third-order valence-electron chi connectivity index (χ3n) is 17.9. The average molecular weight is 709 g/mol. The Morgan fingerprint density at radius 3 is 2.16 bits per heavy atom. The predicted octanol–water partition coefficient (Wildman–Crippen LogP) is 9.86. The Kier molecular flexibility index (Phi) is 10.6. The maximum absolute atomic E-state index is 13.3. The summed E-state index contributed by atoms with van der Waals surface area (Å²) in [6, 6.07) is 0.744. The van der Waals surface area contributed by atoms with Gasteiger partial charge in [-0.2, -0.15) is 0 Å². The van der Waals surface area contributed by atoms with Crippen LogP contribution in [0.2, 0.25) is 0 Å². The van der Waals surface area contributed by atoms with Gasteiger partial charge >= 0.3 is 11.9 Å². The van der Waals surface area contributed by atoms with Crippen LogP contribution in [-0.4, -0.2) is 72.7 Å². The Labute approximate surface area is 312 Å². The van der Waals surface area contributed by atoms with Gasteiger partial charge in [-0.25, -0.2) is 0 Å². The van der Waals surface area contributed by atoms with Gasteiger partial charge in [0.05, 0.1) is 12.8 Å². The summed E-state index contributed by atoms with van der Waals surface area (Å²) in [5.41, 5.74) is 2.07. The summed E-state index contributed by atoms with van der Waals surface area (Å²) in [5, 5.41) is 9.36. The molecule has 1 N–H and O–H groups in total. The number of fused-ring (bicyclic) bond motifs is 7. The number of hydrogen-bond acceptors (Lipinski definition) is 5. The molecule has 6 nitrogen and oxygen atoms in total. The van der Waals surface area contributed by atoms with Crippen molar-refractivity contribution < 1.29 is 19.4 Å². The van der Waals surface area contributed by atoms with Crippen molar-refractivity contribution in [3.8, 4) is 0 Å². The lowest BCUT2D eigenvalue weighted by molar-refractivity contribution is -0.250. The number of carboxylic acid groups (broad SMARTS) is 1. The van der Waals surface area contributed by atoms with Crippen LogP contribution >= 0.6 is 0 Å². The SMILES string of the molecule is C=C(C)[C@@H]1CC[C@]2(CCN3CCC(N(C)C)CC3)CC[C@]3(C)[C@H](CC[C@@H]4[C@@]5(C)CC[C@H](OC(=O)CC(C)(C)CC(=O)O)C(C)(C)[C@@H]5CC[C@]43C)[C@@H]12. The zero-order valence-electron chi connectivity index (χ0n) is 34.5. The number of carbonyl (C=O) groups is 2. The van der Waals surface area contributed by atoms with Gasteiger partial charge in [-0.1, -0.05) is 60.6 Å². The van der Waals surface area contributed by atoms with E-state index in [-0.39, 0.29) is 35.7 Å². The van der Waals surface area contributed by atoms with Crippen LogP contribution in [-0.2, 0) is 14.3 Å². The molecule has 0 amide bonds. The highest BCUT2D eigenvalue weighted by Crippen LogP contribution is 2.78. The van der Waals surface area contributed by atoms with E-state index >= 15 is 0 Å². The van der Waals surface area contributed by atoms with Gasteiger partial charge in [0.2, 0.25) is 0 Å². The van der Waals surface area contributed by atoms with Crippen molar-refractivity contribution >= 4 is 11.9 Å². The fourth-order valence-electron chi connectivity index (χ4n) is 15.0. The highest BCUT2D eigenvalue weighted by molar-refractivity contribution is 5.73. The number of aliphatic carboxylic acids is 1. The molecule has 0 aromatic heterocycles. The lowest BCUT2D eigenvalue weighted by Crippen LogP contribution is -2.66. The molecule has 6 fully saturated rings. The number of nitrogens with zero attached hydrogens (tertiary/aromatic N) is 2. The molecule has 0 aromatic rings. The number of carbonyl (C=O) groups excluding carboxylic acids is 1. The Morgan fingerprint density at radius 1 is 0.843 bits per heavy atom. The van der Waals surface area contributed by atoms with Gasteiger partial charge in [0.1, 0.15) is 6.10 Å². The van der Waals surface area contributed by atoms with Crippen LogP contribution < -0.4 is 0 Å². The molecule has 0 unspecified atom stereocenters. The van der Waals surface area contributed by atoms with E-state index in [1.807, 2.05) is 13.8 Å². The summed E-state index contributed by atoms with van der Waals surface area (Å²) in [7, 11) is 4.50. The number of esters is 1. The molecule has 290 valence electrons. The van der Waals surface area contributed by atoms with Crippen LogP contribution in [0.1, 0.15) is 152 Å². The van der Waals surface area contributed by atoms with Gasteiger partial charge in [-0.15, -0.1) is 0 Å². The average Bonchev–Trinajstić information content (AvgIpc) is 3.41. The molecule has 0 radical (unpaired) electrons. The first-order chi connectivity index (χ1) is 23.7. The van der Waals surface area contributed by atoms with Crippen molar-refractivity contribution in [2.45, 2.75) is 164 Å². The van der Waals surface area contributed by atoms with Crippen LogP contribution in [0.4, 0.5) is 0 Å². The summed E-state index contributed by atoms with van der Waals surface area (Å²) < 4.78 is 6.31. The molecule has 1 saturated heterocycles. The number of allylic oxidation sites excluding steroid dienone is 1. The van der Waals surface area contributed by atoms with Crippen LogP contribution in [0.15, 0.2) is 12.2 Å². The predicted molar refractivity (Wildman–Crippen MR) is 207 cm³/mol. The van der Waals surface area contributed by atoms with E-state index in [4.69, 9.17) is 4.74 Å². The molecule has 0 spiro atoms. The minimum absolute atomic E-state index is 0.0259. The molecule has 51 heavy (non-hydrogen) atoms. The second kappa shape index (κ2) is 13.7. The number of hydrogen-bond donors (Lipinski definition) is 1. The molecule has 0 aromatic carbocycles. The van der Waals surface area contributed by atoms with Crippen molar-refractivity contribution in [3.63, 3.8) is 0 Å².